The maximum Gasteiger partial charge on any atom is 0.0104 e. The van der Waals surface area contributed by atoms with E-state index in [-0.39, 0.29) is 0 Å². The van der Waals surface area contributed by atoms with Gasteiger partial charge >= 0.3 is 0 Å². The molecule has 1 rings (SSSR count). The SMILES string of the molecule is CC(C)NCCC1CCCCN1C. The number of rotatable bonds is 4. The molecule has 0 aromatic heterocycles. The summed E-state index contributed by atoms with van der Waals surface area (Å²) in [5, 5.41) is 3.49. The van der Waals surface area contributed by atoms with Crippen molar-refractivity contribution in [3.63, 3.8) is 0 Å². The van der Waals surface area contributed by atoms with Crippen LogP contribution in [0.15, 0.2) is 0 Å². The first-order valence-corrected chi connectivity index (χ1v) is 5.64. The van der Waals surface area contributed by atoms with Crippen LogP contribution in [-0.4, -0.2) is 37.1 Å². The molecule has 0 aromatic carbocycles. The third-order valence-corrected chi connectivity index (χ3v) is 2.95. The normalized spacial score (nSPS) is 25.4. The van der Waals surface area contributed by atoms with Crippen molar-refractivity contribution in [3.8, 4) is 0 Å². The third-order valence-electron chi connectivity index (χ3n) is 2.95. The van der Waals surface area contributed by atoms with Crippen LogP contribution in [0, 0.1) is 0 Å². The van der Waals surface area contributed by atoms with Crippen LogP contribution in [0.5, 0.6) is 0 Å². The lowest BCUT2D eigenvalue weighted by Crippen LogP contribution is -2.39. The first-order chi connectivity index (χ1) is 6.20. The lowest BCUT2D eigenvalue weighted by atomic mass is 10.0. The zero-order chi connectivity index (χ0) is 9.68. The number of hydrogen-bond acceptors (Lipinski definition) is 2. The quantitative estimate of drug-likeness (QED) is 0.717. The first kappa shape index (κ1) is 11.0. The lowest BCUT2D eigenvalue weighted by molar-refractivity contribution is 0.175. The molecule has 13 heavy (non-hydrogen) atoms. The van der Waals surface area contributed by atoms with Crippen LogP contribution in [0.1, 0.15) is 39.5 Å². The molecule has 1 saturated heterocycles. The summed E-state index contributed by atoms with van der Waals surface area (Å²) in [5.41, 5.74) is 0. The van der Waals surface area contributed by atoms with Crippen molar-refractivity contribution in [1.29, 1.82) is 0 Å². The second kappa shape index (κ2) is 5.61. The highest BCUT2D eigenvalue weighted by Gasteiger charge is 2.17. The molecule has 0 saturated carbocycles. The Morgan fingerprint density at radius 2 is 2.15 bits per heavy atom. The summed E-state index contributed by atoms with van der Waals surface area (Å²) in [6.45, 7) is 6.90. The van der Waals surface area contributed by atoms with Crippen molar-refractivity contribution in [2.45, 2.75) is 51.6 Å². The summed E-state index contributed by atoms with van der Waals surface area (Å²) < 4.78 is 0. The highest BCUT2D eigenvalue weighted by atomic mass is 15.1. The average Bonchev–Trinajstić information content (AvgIpc) is 2.08. The van der Waals surface area contributed by atoms with E-state index < -0.39 is 0 Å². The zero-order valence-corrected chi connectivity index (χ0v) is 9.34. The molecule has 1 unspecified atom stereocenters. The standard InChI is InChI=1S/C11H24N2/c1-10(2)12-8-7-11-6-4-5-9-13(11)3/h10-12H,4-9H2,1-3H3. The largest absolute Gasteiger partial charge is 0.314 e. The summed E-state index contributed by atoms with van der Waals surface area (Å²) in [4.78, 5) is 2.52. The Balaban J connectivity index is 2.11. The molecule has 0 amide bonds. The molecule has 1 aliphatic rings. The summed E-state index contributed by atoms with van der Waals surface area (Å²) in [6.07, 6.45) is 5.53. The Morgan fingerprint density at radius 1 is 1.38 bits per heavy atom. The van der Waals surface area contributed by atoms with Crippen molar-refractivity contribution >= 4 is 0 Å². The van der Waals surface area contributed by atoms with Crippen molar-refractivity contribution in [2.75, 3.05) is 20.1 Å². The number of piperidine rings is 1. The molecule has 2 heteroatoms. The smallest absolute Gasteiger partial charge is 0.0104 e. The van der Waals surface area contributed by atoms with Crippen LogP contribution in [0.3, 0.4) is 0 Å². The molecule has 1 aliphatic heterocycles. The van der Waals surface area contributed by atoms with Crippen LogP contribution in [0.4, 0.5) is 0 Å². The average molecular weight is 184 g/mol. The summed E-state index contributed by atoms with van der Waals surface area (Å²) >= 11 is 0. The monoisotopic (exact) mass is 184 g/mol. The van der Waals surface area contributed by atoms with E-state index in [1.807, 2.05) is 0 Å². The van der Waals surface area contributed by atoms with Crippen molar-refractivity contribution < 1.29 is 0 Å². The van der Waals surface area contributed by atoms with E-state index in [1.165, 1.54) is 38.8 Å². The molecule has 1 fully saturated rings. The molecule has 1 atom stereocenters. The molecule has 1 heterocycles. The first-order valence-electron chi connectivity index (χ1n) is 5.64. The molecular weight excluding hydrogens is 160 g/mol. The van der Waals surface area contributed by atoms with Gasteiger partial charge in [-0.25, -0.2) is 0 Å². The zero-order valence-electron chi connectivity index (χ0n) is 9.34. The lowest BCUT2D eigenvalue weighted by Gasteiger charge is -2.32. The van der Waals surface area contributed by atoms with Gasteiger partial charge in [0.1, 0.15) is 0 Å². The van der Waals surface area contributed by atoms with E-state index in [1.54, 1.807) is 0 Å². The van der Waals surface area contributed by atoms with Gasteiger partial charge in [0.15, 0.2) is 0 Å². The molecule has 1 N–H and O–H groups in total. The summed E-state index contributed by atoms with van der Waals surface area (Å²) in [6, 6.07) is 1.47. The predicted molar refractivity (Wildman–Crippen MR) is 58.0 cm³/mol. The Hall–Kier alpha value is -0.0800. The van der Waals surface area contributed by atoms with Crippen molar-refractivity contribution in [1.82, 2.24) is 10.2 Å². The van der Waals surface area contributed by atoms with E-state index in [0.29, 0.717) is 6.04 Å². The Labute approximate surface area is 82.7 Å². The molecule has 0 spiro atoms. The number of nitrogens with zero attached hydrogens (tertiary/aromatic N) is 1. The van der Waals surface area contributed by atoms with Crippen LogP contribution in [0.2, 0.25) is 0 Å². The van der Waals surface area contributed by atoms with Crippen molar-refractivity contribution in [2.24, 2.45) is 0 Å². The molecular formula is C11H24N2. The van der Waals surface area contributed by atoms with Gasteiger partial charge in [-0.2, -0.15) is 0 Å². The molecule has 0 aromatic rings. The van der Waals surface area contributed by atoms with E-state index in [2.05, 4.69) is 31.1 Å². The van der Waals surface area contributed by atoms with Crippen LogP contribution < -0.4 is 5.32 Å². The fourth-order valence-corrected chi connectivity index (χ4v) is 2.05. The molecule has 0 aliphatic carbocycles. The highest BCUT2D eigenvalue weighted by molar-refractivity contribution is 4.75. The van der Waals surface area contributed by atoms with Crippen LogP contribution >= 0.6 is 0 Å². The minimum atomic E-state index is 0.633. The van der Waals surface area contributed by atoms with E-state index in [0.717, 1.165) is 6.04 Å². The maximum absolute atomic E-state index is 3.49. The Kier molecular flexibility index (Phi) is 4.74. The molecule has 0 bridgehead atoms. The van der Waals surface area contributed by atoms with Gasteiger partial charge in [0, 0.05) is 12.1 Å². The number of nitrogens with one attached hydrogen (secondary N) is 1. The van der Waals surface area contributed by atoms with Gasteiger partial charge in [0.05, 0.1) is 0 Å². The minimum absolute atomic E-state index is 0.633. The summed E-state index contributed by atoms with van der Waals surface area (Å²) in [7, 11) is 2.26. The second-order valence-corrected chi connectivity index (χ2v) is 4.53. The maximum atomic E-state index is 3.49. The predicted octanol–water partition coefficient (Wildman–Crippen LogP) is 1.86. The fourth-order valence-electron chi connectivity index (χ4n) is 2.05. The Morgan fingerprint density at radius 3 is 2.77 bits per heavy atom. The van der Waals surface area contributed by atoms with Gasteiger partial charge < -0.3 is 10.2 Å². The molecule has 78 valence electrons. The van der Waals surface area contributed by atoms with Crippen LogP contribution in [0.25, 0.3) is 0 Å². The fraction of sp³-hybridized carbons (Fsp3) is 1.00. The molecule has 2 nitrogen and oxygen atoms in total. The second-order valence-electron chi connectivity index (χ2n) is 4.53. The number of likely N-dealkylation sites (tertiary alicyclic amines) is 1. The van der Waals surface area contributed by atoms with E-state index in [4.69, 9.17) is 0 Å². The third kappa shape index (κ3) is 4.10. The van der Waals surface area contributed by atoms with E-state index >= 15 is 0 Å². The molecule has 0 radical (unpaired) electrons. The summed E-state index contributed by atoms with van der Waals surface area (Å²) in [5.74, 6) is 0. The van der Waals surface area contributed by atoms with Crippen molar-refractivity contribution in [3.05, 3.63) is 0 Å². The van der Waals surface area contributed by atoms with Gasteiger partial charge in [-0.3, -0.25) is 0 Å². The van der Waals surface area contributed by atoms with Gasteiger partial charge in [-0.1, -0.05) is 20.3 Å². The Bertz CT molecular complexity index is 134. The van der Waals surface area contributed by atoms with E-state index in [9.17, 15) is 0 Å². The van der Waals surface area contributed by atoms with Gasteiger partial charge in [0.25, 0.3) is 0 Å². The van der Waals surface area contributed by atoms with Gasteiger partial charge in [-0.05, 0) is 39.4 Å². The van der Waals surface area contributed by atoms with Gasteiger partial charge in [-0.15, -0.1) is 0 Å². The number of hydrogen-bond donors (Lipinski definition) is 1. The van der Waals surface area contributed by atoms with Gasteiger partial charge in [0.2, 0.25) is 0 Å². The topological polar surface area (TPSA) is 15.3 Å². The minimum Gasteiger partial charge on any atom is -0.314 e. The highest BCUT2D eigenvalue weighted by Crippen LogP contribution is 2.16. The van der Waals surface area contributed by atoms with Crippen LogP contribution in [-0.2, 0) is 0 Å².